The molecule has 2 heterocycles. The minimum atomic E-state index is -0.257. The second-order valence-corrected chi connectivity index (χ2v) is 7.21. The van der Waals surface area contributed by atoms with Gasteiger partial charge in [-0.05, 0) is 42.0 Å². The molecule has 0 aliphatic carbocycles. The first kappa shape index (κ1) is 16.0. The Morgan fingerprint density at radius 3 is 2.48 bits per heavy atom. The Bertz CT molecular complexity index is 990. The van der Waals surface area contributed by atoms with Crippen LogP contribution in [0, 0.1) is 9.77 Å². The normalized spacial score (nSPS) is 17.7. The van der Waals surface area contributed by atoms with Crippen LogP contribution in [0.5, 0.6) is 0 Å². The van der Waals surface area contributed by atoms with Gasteiger partial charge in [0, 0.05) is 12.7 Å². The molecule has 0 bridgehead atoms. The van der Waals surface area contributed by atoms with Crippen LogP contribution in [0.3, 0.4) is 0 Å². The number of thiazole rings is 1. The molecule has 1 aliphatic rings. The maximum Gasteiger partial charge on any atom is 0.168 e. The highest BCUT2D eigenvalue weighted by atomic mass is 32.1. The predicted molar refractivity (Wildman–Crippen MR) is 103 cm³/mol. The molecular formula is C18H15FN4S2. The number of fused-ring (bicyclic) bond motifs is 1. The summed E-state index contributed by atoms with van der Waals surface area (Å²) < 4.78 is 16.0. The Kier molecular flexibility index (Phi) is 4.10. The van der Waals surface area contributed by atoms with Crippen molar-refractivity contribution in [3.8, 4) is 5.69 Å². The molecule has 1 atom stereocenters. The largest absolute Gasteiger partial charge is 0.346 e. The van der Waals surface area contributed by atoms with Crippen LogP contribution >= 0.6 is 23.6 Å². The van der Waals surface area contributed by atoms with E-state index >= 15 is 0 Å². The van der Waals surface area contributed by atoms with Crippen LogP contribution in [0.25, 0.3) is 5.69 Å². The van der Waals surface area contributed by atoms with Gasteiger partial charge in [-0.3, -0.25) is 9.56 Å². The Hall–Kier alpha value is -2.51. The van der Waals surface area contributed by atoms with Crippen LogP contribution < -0.4 is 10.6 Å². The van der Waals surface area contributed by atoms with Crippen molar-refractivity contribution in [2.45, 2.75) is 6.17 Å². The zero-order valence-corrected chi connectivity index (χ0v) is 15.0. The molecule has 25 heavy (non-hydrogen) atoms. The van der Waals surface area contributed by atoms with Crippen molar-refractivity contribution in [2.75, 3.05) is 12.4 Å². The third-order valence-corrected chi connectivity index (χ3v) is 5.41. The maximum atomic E-state index is 13.2. The summed E-state index contributed by atoms with van der Waals surface area (Å²) in [6.07, 6.45) is -0.217. The highest BCUT2D eigenvalue weighted by molar-refractivity contribution is 7.73. The number of anilines is 1. The van der Waals surface area contributed by atoms with Crippen molar-refractivity contribution in [1.29, 1.82) is 0 Å². The third kappa shape index (κ3) is 2.85. The highest BCUT2D eigenvalue weighted by Gasteiger charge is 2.28. The van der Waals surface area contributed by atoms with Crippen LogP contribution in [-0.4, -0.2) is 17.5 Å². The summed E-state index contributed by atoms with van der Waals surface area (Å²) in [5.41, 5.74) is 1.91. The topological polar surface area (TPSA) is 41.4 Å². The molecule has 1 aromatic heterocycles. The second-order valence-electron chi connectivity index (χ2n) is 5.56. The first-order valence-electron chi connectivity index (χ1n) is 7.74. The molecule has 2 N–H and O–H groups in total. The molecule has 1 unspecified atom stereocenters. The lowest BCUT2D eigenvalue weighted by Gasteiger charge is -2.29. The van der Waals surface area contributed by atoms with E-state index < -0.39 is 0 Å². The molecule has 2 aromatic carbocycles. The van der Waals surface area contributed by atoms with Crippen LogP contribution in [-0.2, 0) is 0 Å². The lowest BCUT2D eigenvalue weighted by atomic mass is 10.1. The van der Waals surface area contributed by atoms with Crippen molar-refractivity contribution in [2.24, 2.45) is 4.99 Å². The Morgan fingerprint density at radius 1 is 1.08 bits per heavy atom. The van der Waals surface area contributed by atoms with E-state index in [2.05, 4.69) is 15.6 Å². The third-order valence-electron chi connectivity index (χ3n) is 4.03. The molecule has 3 aromatic rings. The van der Waals surface area contributed by atoms with Crippen molar-refractivity contribution in [1.82, 2.24) is 9.88 Å². The van der Waals surface area contributed by atoms with Gasteiger partial charge in [-0.15, -0.1) is 0 Å². The second kappa shape index (κ2) is 6.42. The predicted octanol–water partition coefficient (Wildman–Crippen LogP) is 4.50. The quantitative estimate of drug-likeness (QED) is 0.653. The maximum absolute atomic E-state index is 13.2. The molecular weight excluding hydrogens is 355 g/mol. The van der Waals surface area contributed by atoms with Crippen LogP contribution in [0.4, 0.5) is 10.2 Å². The van der Waals surface area contributed by atoms with Gasteiger partial charge in [0.2, 0.25) is 0 Å². The number of aliphatic imine (C=N–C) groups is 1. The van der Waals surface area contributed by atoms with E-state index in [9.17, 15) is 4.39 Å². The zero-order chi connectivity index (χ0) is 17.4. The Balaban J connectivity index is 1.84. The lowest BCUT2D eigenvalue weighted by Crippen LogP contribution is -2.39. The minimum Gasteiger partial charge on any atom is -0.346 e. The number of halogens is 1. The number of hydrogen-bond donors (Lipinski definition) is 2. The van der Waals surface area contributed by atoms with Crippen molar-refractivity contribution < 1.29 is 4.39 Å². The van der Waals surface area contributed by atoms with Crippen molar-refractivity contribution in [3.05, 3.63) is 74.8 Å². The SMILES string of the molecule is CN=C1NC(c2ccc(F)cc2)Nc2c1sc(=S)n2-c1ccccc1. The van der Waals surface area contributed by atoms with E-state index in [0.717, 1.165) is 31.7 Å². The van der Waals surface area contributed by atoms with E-state index in [1.807, 2.05) is 34.9 Å². The van der Waals surface area contributed by atoms with Crippen molar-refractivity contribution in [3.63, 3.8) is 0 Å². The van der Waals surface area contributed by atoms with Crippen LogP contribution in [0.2, 0.25) is 0 Å². The van der Waals surface area contributed by atoms with Gasteiger partial charge in [-0.2, -0.15) is 0 Å². The molecule has 1 aliphatic heterocycles. The molecule has 4 rings (SSSR count). The Labute approximate surface area is 153 Å². The molecule has 0 spiro atoms. The summed E-state index contributed by atoms with van der Waals surface area (Å²) in [6, 6.07) is 16.4. The van der Waals surface area contributed by atoms with E-state index in [1.54, 1.807) is 19.2 Å². The molecule has 0 amide bonds. The van der Waals surface area contributed by atoms with Crippen molar-refractivity contribution >= 4 is 35.2 Å². The summed E-state index contributed by atoms with van der Waals surface area (Å²) in [6.45, 7) is 0. The van der Waals surface area contributed by atoms with Gasteiger partial charge in [0.1, 0.15) is 28.5 Å². The first-order valence-corrected chi connectivity index (χ1v) is 8.97. The number of hydrogen-bond acceptors (Lipinski definition) is 4. The summed E-state index contributed by atoms with van der Waals surface area (Å²) in [4.78, 5) is 5.34. The minimum absolute atomic E-state index is 0.217. The monoisotopic (exact) mass is 370 g/mol. The number of benzene rings is 2. The number of para-hydroxylation sites is 1. The first-order chi connectivity index (χ1) is 12.2. The van der Waals surface area contributed by atoms with E-state index in [4.69, 9.17) is 12.2 Å². The molecule has 0 saturated carbocycles. The fourth-order valence-corrected chi connectivity index (χ4v) is 4.24. The van der Waals surface area contributed by atoms with Gasteiger partial charge in [0.15, 0.2) is 3.95 Å². The fraction of sp³-hybridized carbons (Fsp3) is 0.111. The summed E-state index contributed by atoms with van der Waals surface area (Å²) in [7, 11) is 1.74. The molecule has 7 heteroatoms. The number of rotatable bonds is 2. The van der Waals surface area contributed by atoms with Gasteiger partial charge in [0.05, 0.1) is 0 Å². The number of nitrogens with zero attached hydrogens (tertiary/aromatic N) is 2. The van der Waals surface area contributed by atoms with E-state index in [1.165, 1.54) is 23.5 Å². The van der Waals surface area contributed by atoms with E-state index in [-0.39, 0.29) is 12.0 Å². The van der Waals surface area contributed by atoms with Gasteiger partial charge < -0.3 is 10.6 Å². The fourth-order valence-electron chi connectivity index (χ4n) is 2.84. The summed E-state index contributed by atoms with van der Waals surface area (Å²) in [5, 5.41) is 6.83. The van der Waals surface area contributed by atoms with Crippen LogP contribution in [0.15, 0.2) is 59.6 Å². The number of nitrogens with one attached hydrogen (secondary N) is 2. The molecule has 0 radical (unpaired) electrons. The lowest BCUT2D eigenvalue weighted by molar-refractivity contribution is 0.624. The summed E-state index contributed by atoms with van der Waals surface area (Å²) >= 11 is 7.09. The van der Waals surface area contributed by atoms with Gasteiger partial charge >= 0.3 is 0 Å². The van der Waals surface area contributed by atoms with Gasteiger partial charge in [0.25, 0.3) is 0 Å². The molecule has 126 valence electrons. The molecule has 0 fully saturated rings. The zero-order valence-electron chi connectivity index (χ0n) is 13.4. The average molecular weight is 370 g/mol. The molecule has 0 saturated heterocycles. The standard InChI is InChI=1S/C18H15FN4S2/c1-20-16-14-17(22-15(21-16)11-7-9-12(19)10-8-11)23(18(24)25-14)13-5-3-2-4-6-13/h2-10,15,22H,1H3,(H,20,21). The van der Waals surface area contributed by atoms with Gasteiger partial charge in [-0.25, -0.2) is 4.39 Å². The van der Waals surface area contributed by atoms with E-state index in [0.29, 0.717) is 0 Å². The average Bonchev–Trinajstić information content (AvgIpc) is 2.98. The van der Waals surface area contributed by atoms with Crippen LogP contribution in [0.1, 0.15) is 16.6 Å². The summed E-state index contributed by atoms with van der Waals surface area (Å²) in [5.74, 6) is 1.41. The Morgan fingerprint density at radius 2 is 1.80 bits per heavy atom. The number of amidine groups is 1. The smallest absolute Gasteiger partial charge is 0.168 e. The van der Waals surface area contributed by atoms with Gasteiger partial charge in [-0.1, -0.05) is 41.7 Å². The molecule has 4 nitrogen and oxygen atoms in total. The number of aromatic nitrogens is 1. The highest BCUT2D eigenvalue weighted by Crippen LogP contribution is 2.34.